The van der Waals surface area contributed by atoms with Crippen molar-refractivity contribution in [1.82, 2.24) is 14.7 Å². The van der Waals surface area contributed by atoms with Crippen molar-refractivity contribution in [3.05, 3.63) is 0 Å². The van der Waals surface area contributed by atoms with Gasteiger partial charge in [0, 0.05) is 6.54 Å². The van der Waals surface area contributed by atoms with Gasteiger partial charge in [-0.05, 0) is 49.2 Å². The summed E-state index contributed by atoms with van der Waals surface area (Å²) in [6.45, 7) is 9.01. The normalized spacial score (nSPS) is 14.0. The highest BCUT2D eigenvalue weighted by Gasteiger charge is 2.21. The molecule has 4 heteroatoms. The first-order valence-corrected chi connectivity index (χ1v) is 6.44. The molecule has 0 heterocycles. The van der Waals surface area contributed by atoms with Crippen LogP contribution in [0.15, 0.2) is 0 Å². The molecule has 114 valence electrons. The lowest BCUT2D eigenvalue weighted by Crippen LogP contribution is -2.54. The molecule has 0 radical (unpaired) electrons. The summed E-state index contributed by atoms with van der Waals surface area (Å²) in [4.78, 5) is 6.62. The van der Waals surface area contributed by atoms with Crippen molar-refractivity contribution in [3.63, 3.8) is 0 Å². The number of rotatable bonds is 6. The van der Waals surface area contributed by atoms with E-state index in [2.05, 4.69) is 51.8 Å². The Morgan fingerprint density at radius 1 is 0.833 bits per heavy atom. The smallest absolute Gasteiger partial charge is 0.135 e. The fourth-order valence-electron chi connectivity index (χ4n) is 1.61. The van der Waals surface area contributed by atoms with Crippen molar-refractivity contribution in [2.75, 3.05) is 75.8 Å². The van der Waals surface area contributed by atoms with Crippen molar-refractivity contribution in [2.24, 2.45) is 0 Å². The van der Waals surface area contributed by atoms with Gasteiger partial charge in [0.2, 0.25) is 0 Å². The van der Waals surface area contributed by atoms with Crippen molar-refractivity contribution in [3.8, 4) is 0 Å². The molecule has 0 amide bonds. The molecule has 0 saturated heterocycles. The Morgan fingerprint density at radius 2 is 1.22 bits per heavy atom. The second kappa shape index (κ2) is 11.9. The summed E-state index contributed by atoms with van der Waals surface area (Å²) in [5.41, 5.74) is 0. The average molecular weight is 263 g/mol. The molecule has 0 N–H and O–H groups in total. The Hall–Kier alpha value is -0.160. The first-order valence-electron chi connectivity index (χ1n) is 6.44. The minimum Gasteiger partial charge on any atom is -0.312 e. The fraction of sp³-hybridized carbons (Fsp3) is 1.00. The Labute approximate surface area is 117 Å². The Balaban J connectivity index is -0.000000392. The van der Waals surface area contributed by atoms with E-state index in [0.29, 0.717) is 0 Å². The van der Waals surface area contributed by atoms with Gasteiger partial charge in [0.15, 0.2) is 0 Å². The maximum atomic E-state index is 2.37. The van der Waals surface area contributed by atoms with E-state index >= 15 is 0 Å². The fourth-order valence-corrected chi connectivity index (χ4v) is 1.61. The van der Waals surface area contributed by atoms with Crippen LogP contribution in [-0.2, 0) is 0 Å². The molecular formula is C14H39N4+. The lowest BCUT2D eigenvalue weighted by atomic mass is 10.4. The van der Waals surface area contributed by atoms with Crippen LogP contribution in [0.25, 0.3) is 0 Å². The van der Waals surface area contributed by atoms with E-state index in [1.165, 1.54) is 6.54 Å². The molecule has 0 aliphatic rings. The monoisotopic (exact) mass is 263 g/mol. The van der Waals surface area contributed by atoms with Crippen LogP contribution >= 0.6 is 0 Å². The van der Waals surface area contributed by atoms with Gasteiger partial charge >= 0.3 is 0 Å². The van der Waals surface area contributed by atoms with Crippen LogP contribution < -0.4 is 0 Å². The van der Waals surface area contributed by atoms with Gasteiger partial charge in [0.05, 0.1) is 13.6 Å². The third-order valence-corrected chi connectivity index (χ3v) is 2.51. The van der Waals surface area contributed by atoms with Gasteiger partial charge in [-0.2, -0.15) is 0 Å². The van der Waals surface area contributed by atoms with E-state index in [0.717, 1.165) is 24.4 Å². The van der Waals surface area contributed by atoms with Gasteiger partial charge in [-0.1, -0.05) is 14.4 Å². The molecule has 0 saturated carbocycles. The molecule has 0 rings (SSSR count). The molecule has 0 aromatic rings. The third kappa shape index (κ3) is 15.8. The highest BCUT2D eigenvalue weighted by molar-refractivity contribution is 4.40. The van der Waals surface area contributed by atoms with Gasteiger partial charge < -0.3 is 9.38 Å². The van der Waals surface area contributed by atoms with Crippen LogP contribution in [0, 0.1) is 0 Å². The highest BCUT2D eigenvalue weighted by atomic mass is 15.5. The summed E-state index contributed by atoms with van der Waals surface area (Å²) >= 11 is 0. The zero-order valence-corrected chi connectivity index (χ0v) is 13.6. The zero-order valence-electron chi connectivity index (χ0n) is 13.6. The molecule has 0 aromatic carbocycles. The molecule has 1 unspecified atom stereocenters. The standard InChI is InChI=1S/C10H26N3.C3H9N.CH4/c1-7-12(5)10-13(6,8-2)9-11(3)4;1-4(2)3;/h7-10H2,1-6H3;1-3H3;1H4/q+1;;. The maximum absolute atomic E-state index is 2.37. The topological polar surface area (TPSA) is 9.72 Å². The summed E-state index contributed by atoms with van der Waals surface area (Å²) in [7, 11) is 14.8. The van der Waals surface area contributed by atoms with Crippen LogP contribution in [0.4, 0.5) is 0 Å². The lowest BCUT2D eigenvalue weighted by molar-refractivity contribution is -0.925. The van der Waals surface area contributed by atoms with Crippen LogP contribution in [0.3, 0.4) is 0 Å². The van der Waals surface area contributed by atoms with Gasteiger partial charge in [-0.15, -0.1) is 0 Å². The molecule has 0 aliphatic heterocycles. The molecule has 1 atom stereocenters. The van der Waals surface area contributed by atoms with Gasteiger partial charge in [0.1, 0.15) is 13.3 Å². The Kier molecular flexibility index (Phi) is 15.2. The van der Waals surface area contributed by atoms with E-state index in [-0.39, 0.29) is 7.43 Å². The first kappa shape index (κ1) is 23.0. The first-order chi connectivity index (χ1) is 7.66. The third-order valence-electron chi connectivity index (χ3n) is 2.51. The number of hydrogen-bond donors (Lipinski definition) is 0. The van der Waals surface area contributed by atoms with Crippen LogP contribution in [0.1, 0.15) is 21.3 Å². The number of hydrogen-bond acceptors (Lipinski definition) is 3. The van der Waals surface area contributed by atoms with Crippen LogP contribution in [-0.4, -0.2) is 94.9 Å². The summed E-state index contributed by atoms with van der Waals surface area (Å²) < 4.78 is 1.09. The molecule has 4 nitrogen and oxygen atoms in total. The molecule has 0 aromatic heterocycles. The van der Waals surface area contributed by atoms with Gasteiger partial charge in [-0.3, -0.25) is 9.80 Å². The van der Waals surface area contributed by atoms with E-state index in [1.807, 2.05) is 26.0 Å². The second-order valence-electron chi connectivity index (χ2n) is 5.81. The quantitative estimate of drug-likeness (QED) is 0.533. The summed E-state index contributed by atoms with van der Waals surface area (Å²) in [5, 5.41) is 0. The predicted octanol–water partition coefficient (Wildman–Crippen LogP) is 1.70. The van der Waals surface area contributed by atoms with Crippen molar-refractivity contribution in [1.29, 1.82) is 0 Å². The Bertz CT molecular complexity index is 168. The van der Waals surface area contributed by atoms with E-state index in [9.17, 15) is 0 Å². The second-order valence-corrected chi connectivity index (χ2v) is 5.81. The van der Waals surface area contributed by atoms with Crippen LogP contribution in [0.2, 0.25) is 0 Å². The van der Waals surface area contributed by atoms with E-state index < -0.39 is 0 Å². The minimum atomic E-state index is 0. The minimum absolute atomic E-state index is 0. The van der Waals surface area contributed by atoms with Crippen LogP contribution in [0.5, 0.6) is 0 Å². The van der Waals surface area contributed by atoms with Crippen molar-refractivity contribution < 1.29 is 4.48 Å². The Morgan fingerprint density at radius 3 is 1.44 bits per heavy atom. The molecular weight excluding hydrogens is 224 g/mol. The molecule has 0 aliphatic carbocycles. The van der Waals surface area contributed by atoms with Gasteiger partial charge in [-0.25, -0.2) is 0 Å². The lowest BCUT2D eigenvalue weighted by Gasteiger charge is -2.38. The highest BCUT2D eigenvalue weighted by Crippen LogP contribution is 2.03. The van der Waals surface area contributed by atoms with E-state index in [1.54, 1.807) is 0 Å². The molecule has 0 spiro atoms. The molecule has 0 fully saturated rings. The number of quaternary nitrogens is 1. The largest absolute Gasteiger partial charge is 0.312 e. The molecule has 0 bridgehead atoms. The maximum Gasteiger partial charge on any atom is 0.135 e. The summed E-state index contributed by atoms with van der Waals surface area (Å²) in [6, 6.07) is 0. The predicted molar refractivity (Wildman–Crippen MR) is 84.8 cm³/mol. The van der Waals surface area contributed by atoms with Gasteiger partial charge in [0.25, 0.3) is 0 Å². The van der Waals surface area contributed by atoms with E-state index in [4.69, 9.17) is 0 Å². The number of nitrogens with zero attached hydrogens (tertiary/aromatic N) is 4. The summed E-state index contributed by atoms with van der Waals surface area (Å²) in [6.07, 6.45) is 0. The van der Waals surface area contributed by atoms with Crippen molar-refractivity contribution >= 4 is 0 Å². The zero-order chi connectivity index (χ0) is 14.1. The summed E-state index contributed by atoms with van der Waals surface area (Å²) in [5.74, 6) is 0. The average Bonchev–Trinajstić information content (AvgIpc) is 2.15. The molecule has 18 heavy (non-hydrogen) atoms. The SMILES string of the molecule is C.CCN(C)C[N+](C)(CC)CN(C)C.CN(C)C. The van der Waals surface area contributed by atoms with Crippen molar-refractivity contribution in [2.45, 2.75) is 21.3 Å².